The van der Waals surface area contributed by atoms with Crippen molar-refractivity contribution >= 4 is 60.3 Å². The van der Waals surface area contributed by atoms with Gasteiger partial charge in [0.25, 0.3) is 0 Å². The Labute approximate surface area is 208 Å². The number of hydrogen-bond donors (Lipinski definition) is 3. The van der Waals surface area contributed by atoms with E-state index in [4.69, 9.17) is 0 Å². The number of benzene rings is 2. The second-order valence-electron chi connectivity index (χ2n) is 8.28. The number of sulfone groups is 1. The number of anilines is 3. The largest absolute Gasteiger partial charge is 0.365 e. The zero-order valence-corrected chi connectivity index (χ0v) is 20.9. The molecule has 180 valence electrons. The first kappa shape index (κ1) is 23.4. The zero-order valence-electron chi connectivity index (χ0n) is 19.2. The summed E-state index contributed by atoms with van der Waals surface area (Å²) in [6.45, 7) is 1.48. The Morgan fingerprint density at radius 1 is 1.03 bits per heavy atom. The summed E-state index contributed by atoms with van der Waals surface area (Å²) in [5.41, 5.74) is 3.58. The van der Waals surface area contributed by atoms with Crippen LogP contribution in [0.5, 0.6) is 0 Å². The van der Waals surface area contributed by atoms with Crippen molar-refractivity contribution < 1.29 is 8.42 Å². The Balaban J connectivity index is 1.25. The molecule has 1 aliphatic rings. The lowest BCUT2D eigenvalue weighted by molar-refractivity contribution is 0.496. The SMILES string of the molecule is CNc1nc2c(/C=C/c3cnc(Nc4ccc(S(=O)(=O)C5CCNCC5)cc4)nc3)cccc2s1. The first-order valence-electron chi connectivity index (χ1n) is 11.4. The second kappa shape index (κ2) is 10.1. The highest BCUT2D eigenvalue weighted by Gasteiger charge is 2.28. The van der Waals surface area contributed by atoms with Crippen molar-refractivity contribution in [2.45, 2.75) is 23.0 Å². The van der Waals surface area contributed by atoms with Crippen LogP contribution in [0.4, 0.5) is 16.8 Å². The van der Waals surface area contributed by atoms with Crippen LogP contribution in [0.2, 0.25) is 0 Å². The van der Waals surface area contributed by atoms with Gasteiger partial charge in [0.15, 0.2) is 15.0 Å². The van der Waals surface area contributed by atoms with E-state index in [-0.39, 0.29) is 5.25 Å². The number of thiazole rings is 1. The van der Waals surface area contributed by atoms with Crippen molar-refractivity contribution in [1.29, 1.82) is 0 Å². The average Bonchev–Trinajstić information content (AvgIpc) is 3.33. The van der Waals surface area contributed by atoms with Crippen molar-refractivity contribution in [3.8, 4) is 0 Å². The van der Waals surface area contributed by atoms with Gasteiger partial charge in [-0.2, -0.15) is 0 Å². The van der Waals surface area contributed by atoms with Crippen LogP contribution in [0.1, 0.15) is 24.0 Å². The first-order valence-corrected chi connectivity index (χ1v) is 13.8. The molecule has 0 saturated carbocycles. The van der Waals surface area contributed by atoms with E-state index in [9.17, 15) is 8.42 Å². The molecule has 0 bridgehead atoms. The molecule has 10 heteroatoms. The van der Waals surface area contributed by atoms with Gasteiger partial charge in [0.05, 0.1) is 20.4 Å². The lowest BCUT2D eigenvalue weighted by Crippen LogP contribution is -2.35. The summed E-state index contributed by atoms with van der Waals surface area (Å²) in [7, 11) is -1.45. The summed E-state index contributed by atoms with van der Waals surface area (Å²) in [5.74, 6) is 0.441. The Kier molecular flexibility index (Phi) is 6.76. The molecule has 1 aliphatic heterocycles. The maximum Gasteiger partial charge on any atom is 0.227 e. The molecule has 3 heterocycles. The maximum absolute atomic E-state index is 12.9. The number of rotatable bonds is 7. The van der Waals surface area contributed by atoms with E-state index in [1.165, 1.54) is 0 Å². The normalized spacial score (nSPS) is 15.0. The third-order valence-corrected chi connectivity index (χ3v) is 9.27. The number of fused-ring (bicyclic) bond motifs is 1. The van der Waals surface area contributed by atoms with Crippen LogP contribution in [0.3, 0.4) is 0 Å². The number of para-hydroxylation sites is 1. The van der Waals surface area contributed by atoms with Gasteiger partial charge in [0, 0.05) is 36.3 Å². The lowest BCUT2D eigenvalue weighted by Gasteiger charge is -2.22. The summed E-state index contributed by atoms with van der Waals surface area (Å²) >= 11 is 1.62. The molecular weight excluding hydrogens is 480 g/mol. The van der Waals surface area contributed by atoms with Crippen LogP contribution in [-0.2, 0) is 9.84 Å². The van der Waals surface area contributed by atoms with Crippen molar-refractivity contribution in [1.82, 2.24) is 20.3 Å². The fraction of sp³-hybridized carbons (Fsp3) is 0.240. The predicted molar refractivity (Wildman–Crippen MR) is 143 cm³/mol. The molecule has 1 saturated heterocycles. The number of nitrogens with zero attached hydrogens (tertiary/aromatic N) is 3. The highest BCUT2D eigenvalue weighted by atomic mass is 32.2. The van der Waals surface area contributed by atoms with E-state index in [1.807, 2.05) is 31.3 Å². The topological polar surface area (TPSA) is 109 Å². The molecule has 0 amide bonds. The molecule has 0 atom stereocenters. The molecule has 0 spiro atoms. The Bertz CT molecular complexity index is 1440. The fourth-order valence-corrected chi connectivity index (χ4v) is 6.65. The Hall–Kier alpha value is -3.34. The molecule has 2 aromatic heterocycles. The molecule has 3 N–H and O–H groups in total. The standard InChI is InChI=1S/C25H26N6O2S2/c1-26-25-31-23-18(3-2-4-22(23)34-25)6-5-17-15-28-24(29-16-17)30-19-7-9-20(10-8-19)35(32,33)21-11-13-27-14-12-21/h2-10,15-16,21,27H,11-14H2,1H3,(H,26,31)(H,28,29,30)/b6-5+. The van der Waals surface area contributed by atoms with Gasteiger partial charge < -0.3 is 16.0 Å². The van der Waals surface area contributed by atoms with E-state index >= 15 is 0 Å². The molecule has 4 aromatic rings. The highest BCUT2D eigenvalue weighted by molar-refractivity contribution is 7.92. The van der Waals surface area contributed by atoms with E-state index in [2.05, 4.69) is 37.0 Å². The van der Waals surface area contributed by atoms with Crippen LogP contribution in [-0.4, -0.2) is 48.8 Å². The second-order valence-corrected chi connectivity index (χ2v) is 11.5. The molecule has 8 nitrogen and oxygen atoms in total. The van der Waals surface area contributed by atoms with Crippen LogP contribution in [0.25, 0.3) is 22.4 Å². The van der Waals surface area contributed by atoms with Crippen molar-refractivity contribution in [2.24, 2.45) is 0 Å². The first-order chi connectivity index (χ1) is 17.0. The smallest absolute Gasteiger partial charge is 0.227 e. The minimum absolute atomic E-state index is 0.320. The molecule has 2 aromatic carbocycles. The van der Waals surface area contributed by atoms with E-state index in [1.54, 1.807) is 48.0 Å². The predicted octanol–water partition coefficient (Wildman–Crippen LogP) is 4.57. The summed E-state index contributed by atoms with van der Waals surface area (Å²) in [6.07, 6.45) is 8.73. The maximum atomic E-state index is 12.9. The molecule has 1 fully saturated rings. The monoisotopic (exact) mass is 506 g/mol. The van der Waals surface area contributed by atoms with Crippen molar-refractivity contribution in [2.75, 3.05) is 30.8 Å². The van der Waals surface area contributed by atoms with Crippen LogP contribution in [0.15, 0.2) is 59.8 Å². The third kappa shape index (κ3) is 5.19. The van der Waals surface area contributed by atoms with E-state index in [0.717, 1.165) is 45.3 Å². The third-order valence-electron chi connectivity index (χ3n) is 5.96. The minimum Gasteiger partial charge on any atom is -0.365 e. The summed E-state index contributed by atoms with van der Waals surface area (Å²) in [4.78, 5) is 13.8. The number of aromatic nitrogens is 3. The van der Waals surface area contributed by atoms with Gasteiger partial charge in [0.1, 0.15) is 0 Å². The minimum atomic E-state index is -3.31. The summed E-state index contributed by atoms with van der Waals surface area (Å²) in [6, 6.07) is 12.9. The average molecular weight is 507 g/mol. The molecule has 5 rings (SSSR count). The number of hydrogen-bond acceptors (Lipinski definition) is 9. The van der Waals surface area contributed by atoms with Gasteiger partial charge in [-0.1, -0.05) is 35.6 Å². The van der Waals surface area contributed by atoms with Crippen molar-refractivity contribution in [3.63, 3.8) is 0 Å². The number of piperidine rings is 1. The number of nitrogens with one attached hydrogen (secondary N) is 3. The highest BCUT2D eigenvalue weighted by Crippen LogP contribution is 2.29. The van der Waals surface area contributed by atoms with Gasteiger partial charge in [-0.25, -0.2) is 23.4 Å². The van der Waals surface area contributed by atoms with Gasteiger partial charge in [-0.15, -0.1) is 0 Å². The van der Waals surface area contributed by atoms with Gasteiger partial charge >= 0.3 is 0 Å². The quantitative estimate of drug-likeness (QED) is 0.335. The molecule has 0 aliphatic carbocycles. The fourth-order valence-electron chi connectivity index (χ4n) is 4.04. The molecular formula is C25H26N6O2S2. The summed E-state index contributed by atoms with van der Waals surface area (Å²) < 4.78 is 26.8. The molecule has 35 heavy (non-hydrogen) atoms. The van der Waals surface area contributed by atoms with Gasteiger partial charge in [-0.05, 0) is 56.3 Å². The lowest BCUT2D eigenvalue weighted by atomic mass is 10.1. The summed E-state index contributed by atoms with van der Waals surface area (Å²) in [5, 5.41) is 10.00. The van der Waals surface area contributed by atoms with Crippen LogP contribution in [0, 0.1) is 0 Å². The Morgan fingerprint density at radius 3 is 2.49 bits per heavy atom. The van der Waals surface area contributed by atoms with Crippen LogP contribution >= 0.6 is 11.3 Å². The van der Waals surface area contributed by atoms with Gasteiger partial charge in [-0.3, -0.25) is 0 Å². The molecule has 0 radical (unpaired) electrons. The van der Waals surface area contributed by atoms with E-state index < -0.39 is 9.84 Å². The Morgan fingerprint density at radius 2 is 1.77 bits per heavy atom. The zero-order chi connectivity index (χ0) is 24.3. The molecule has 0 unspecified atom stereocenters. The van der Waals surface area contributed by atoms with Crippen LogP contribution < -0.4 is 16.0 Å². The van der Waals surface area contributed by atoms with Crippen molar-refractivity contribution in [3.05, 3.63) is 66.0 Å². The van der Waals surface area contributed by atoms with Gasteiger partial charge in [0.2, 0.25) is 5.95 Å². The van der Waals surface area contributed by atoms with E-state index in [0.29, 0.717) is 23.7 Å².